The maximum atomic E-state index is 11.4. The van der Waals surface area contributed by atoms with Crippen LogP contribution in [0.2, 0.25) is 0 Å². The second kappa shape index (κ2) is 8.06. The van der Waals surface area contributed by atoms with Gasteiger partial charge in [0.1, 0.15) is 0 Å². The summed E-state index contributed by atoms with van der Waals surface area (Å²) in [5, 5.41) is 5.40. The van der Waals surface area contributed by atoms with E-state index in [9.17, 15) is 9.59 Å². The van der Waals surface area contributed by atoms with Crippen molar-refractivity contribution in [3.63, 3.8) is 0 Å². The third kappa shape index (κ3) is 8.19. The van der Waals surface area contributed by atoms with Gasteiger partial charge in [0.15, 0.2) is 0 Å². The molecule has 4 N–H and O–H groups in total. The molecule has 0 rings (SSSR count). The largest absolute Gasteiger partial charge is 0.354 e. The van der Waals surface area contributed by atoms with Crippen molar-refractivity contribution in [3.05, 3.63) is 0 Å². The molecule has 0 saturated heterocycles. The first-order valence-electron chi connectivity index (χ1n) is 5.40. The Morgan fingerprint density at radius 3 is 2.31 bits per heavy atom. The lowest BCUT2D eigenvalue weighted by Crippen LogP contribution is -2.43. The molecule has 0 unspecified atom stereocenters. The Labute approximate surface area is 96.5 Å². The molecule has 0 aliphatic carbocycles. The maximum absolute atomic E-state index is 11.4. The molecule has 0 saturated carbocycles. The average Bonchev–Trinajstić information content (AvgIpc) is 2.12. The highest BCUT2D eigenvalue weighted by molar-refractivity contribution is 5.81. The number of likely N-dealkylation sites (N-methyl/N-ethyl adjacent to an activating group) is 1. The highest BCUT2D eigenvalue weighted by atomic mass is 16.2. The molecule has 0 aliphatic heterocycles. The van der Waals surface area contributed by atoms with E-state index in [1.165, 1.54) is 0 Å². The molecular weight excluding hydrogens is 208 g/mol. The minimum atomic E-state index is -0.120. The average molecular weight is 230 g/mol. The number of amides is 2. The summed E-state index contributed by atoms with van der Waals surface area (Å²) in [4.78, 5) is 24.3. The number of carbonyl (C=O) groups is 2. The van der Waals surface area contributed by atoms with E-state index in [1.807, 2.05) is 13.8 Å². The van der Waals surface area contributed by atoms with Gasteiger partial charge in [0.2, 0.25) is 11.8 Å². The molecule has 0 fully saturated rings. The lowest BCUT2D eigenvalue weighted by molar-refractivity contribution is -0.124. The van der Waals surface area contributed by atoms with E-state index in [2.05, 4.69) is 10.6 Å². The summed E-state index contributed by atoms with van der Waals surface area (Å²) in [6.45, 7) is 5.09. The molecule has 0 aromatic carbocycles. The molecule has 0 heterocycles. The van der Waals surface area contributed by atoms with Crippen molar-refractivity contribution in [2.75, 3.05) is 33.2 Å². The van der Waals surface area contributed by atoms with Gasteiger partial charge >= 0.3 is 0 Å². The van der Waals surface area contributed by atoms with Crippen molar-refractivity contribution in [2.24, 2.45) is 5.73 Å². The van der Waals surface area contributed by atoms with Crippen LogP contribution < -0.4 is 16.4 Å². The zero-order valence-corrected chi connectivity index (χ0v) is 10.2. The molecule has 0 radical (unpaired) electrons. The first kappa shape index (κ1) is 14.9. The summed E-state index contributed by atoms with van der Waals surface area (Å²) in [6.07, 6.45) is 0. The van der Waals surface area contributed by atoms with Gasteiger partial charge in [-0.2, -0.15) is 0 Å². The molecule has 94 valence electrons. The Balaban J connectivity index is 3.76. The molecule has 16 heavy (non-hydrogen) atoms. The molecule has 2 amide bonds. The summed E-state index contributed by atoms with van der Waals surface area (Å²) in [6, 6.07) is 0.118. The van der Waals surface area contributed by atoms with Gasteiger partial charge in [0, 0.05) is 19.1 Å². The zero-order chi connectivity index (χ0) is 12.6. The van der Waals surface area contributed by atoms with E-state index in [4.69, 9.17) is 5.73 Å². The van der Waals surface area contributed by atoms with E-state index in [0.29, 0.717) is 13.1 Å². The van der Waals surface area contributed by atoms with Crippen LogP contribution in [0.15, 0.2) is 0 Å². The Hall–Kier alpha value is -1.14. The number of rotatable bonds is 7. The van der Waals surface area contributed by atoms with Gasteiger partial charge < -0.3 is 16.4 Å². The number of hydrogen-bond acceptors (Lipinski definition) is 4. The van der Waals surface area contributed by atoms with E-state index < -0.39 is 0 Å². The molecule has 6 nitrogen and oxygen atoms in total. The van der Waals surface area contributed by atoms with Gasteiger partial charge in [-0.05, 0) is 20.9 Å². The molecule has 0 atom stereocenters. The third-order valence-corrected chi connectivity index (χ3v) is 1.74. The minimum absolute atomic E-state index is 0.0795. The number of hydrogen-bond donors (Lipinski definition) is 3. The molecule has 0 aromatic heterocycles. The Bertz CT molecular complexity index is 231. The Morgan fingerprint density at radius 1 is 1.25 bits per heavy atom. The topological polar surface area (TPSA) is 87.5 Å². The highest BCUT2D eigenvalue weighted by Crippen LogP contribution is 1.84. The van der Waals surface area contributed by atoms with Crippen LogP contribution in [0.4, 0.5) is 0 Å². The SMILES string of the molecule is CC(C)NC(=O)CN(C)CC(=O)NCCN. The van der Waals surface area contributed by atoms with Gasteiger partial charge in [0.05, 0.1) is 13.1 Å². The quantitative estimate of drug-likeness (QED) is 0.497. The smallest absolute Gasteiger partial charge is 0.234 e. The minimum Gasteiger partial charge on any atom is -0.354 e. The van der Waals surface area contributed by atoms with E-state index in [0.717, 1.165) is 0 Å². The van der Waals surface area contributed by atoms with Crippen molar-refractivity contribution >= 4 is 11.8 Å². The predicted molar refractivity (Wildman–Crippen MR) is 62.8 cm³/mol. The van der Waals surface area contributed by atoms with Crippen molar-refractivity contribution in [2.45, 2.75) is 19.9 Å². The normalized spacial score (nSPS) is 10.6. The Morgan fingerprint density at radius 2 is 1.81 bits per heavy atom. The lowest BCUT2D eigenvalue weighted by Gasteiger charge is -2.16. The van der Waals surface area contributed by atoms with Crippen LogP contribution in [-0.4, -0.2) is 56.0 Å². The van der Waals surface area contributed by atoms with Gasteiger partial charge in [0.25, 0.3) is 0 Å². The molecule has 6 heteroatoms. The van der Waals surface area contributed by atoms with E-state index >= 15 is 0 Å². The van der Waals surface area contributed by atoms with Crippen molar-refractivity contribution < 1.29 is 9.59 Å². The fourth-order valence-electron chi connectivity index (χ4n) is 1.18. The second-order valence-electron chi connectivity index (χ2n) is 4.03. The van der Waals surface area contributed by atoms with Crippen LogP contribution in [0.5, 0.6) is 0 Å². The summed E-state index contributed by atoms with van der Waals surface area (Å²) < 4.78 is 0. The first-order valence-corrected chi connectivity index (χ1v) is 5.40. The zero-order valence-electron chi connectivity index (χ0n) is 10.2. The van der Waals surface area contributed by atoms with Crippen LogP contribution in [0.1, 0.15) is 13.8 Å². The fourth-order valence-corrected chi connectivity index (χ4v) is 1.18. The number of carbonyl (C=O) groups excluding carboxylic acids is 2. The molecule has 0 bridgehead atoms. The molecule has 0 spiro atoms. The van der Waals surface area contributed by atoms with E-state index in [1.54, 1.807) is 11.9 Å². The fraction of sp³-hybridized carbons (Fsp3) is 0.800. The first-order chi connectivity index (χ1) is 7.45. The second-order valence-corrected chi connectivity index (χ2v) is 4.03. The van der Waals surface area contributed by atoms with Crippen LogP contribution in [0, 0.1) is 0 Å². The summed E-state index contributed by atoms with van der Waals surface area (Å²) >= 11 is 0. The number of nitrogens with zero attached hydrogens (tertiary/aromatic N) is 1. The van der Waals surface area contributed by atoms with E-state index in [-0.39, 0.29) is 30.9 Å². The van der Waals surface area contributed by atoms with Gasteiger partial charge in [-0.15, -0.1) is 0 Å². The number of nitrogens with one attached hydrogen (secondary N) is 2. The van der Waals surface area contributed by atoms with Crippen molar-refractivity contribution in [1.82, 2.24) is 15.5 Å². The molecule has 0 aromatic rings. The number of nitrogens with two attached hydrogens (primary N) is 1. The van der Waals surface area contributed by atoms with Crippen LogP contribution in [0.25, 0.3) is 0 Å². The van der Waals surface area contributed by atoms with Crippen molar-refractivity contribution in [1.29, 1.82) is 0 Å². The summed E-state index contributed by atoms with van der Waals surface area (Å²) in [7, 11) is 1.72. The van der Waals surface area contributed by atoms with Crippen molar-refractivity contribution in [3.8, 4) is 0 Å². The molecular formula is C10H22N4O2. The van der Waals surface area contributed by atoms with Gasteiger partial charge in [-0.1, -0.05) is 0 Å². The lowest BCUT2D eigenvalue weighted by atomic mass is 10.4. The summed E-state index contributed by atoms with van der Waals surface area (Å²) in [5.41, 5.74) is 5.25. The monoisotopic (exact) mass is 230 g/mol. The van der Waals surface area contributed by atoms with Crippen LogP contribution >= 0.6 is 0 Å². The maximum Gasteiger partial charge on any atom is 0.234 e. The highest BCUT2D eigenvalue weighted by Gasteiger charge is 2.10. The Kier molecular flexibility index (Phi) is 7.49. The van der Waals surface area contributed by atoms with Crippen LogP contribution in [-0.2, 0) is 9.59 Å². The van der Waals surface area contributed by atoms with Gasteiger partial charge in [-0.25, -0.2) is 0 Å². The molecule has 0 aliphatic rings. The summed E-state index contributed by atoms with van der Waals surface area (Å²) in [5.74, 6) is -0.200. The predicted octanol–water partition coefficient (Wildman–Crippen LogP) is -1.48. The van der Waals surface area contributed by atoms with Crippen LogP contribution in [0.3, 0.4) is 0 Å². The van der Waals surface area contributed by atoms with Gasteiger partial charge in [-0.3, -0.25) is 14.5 Å². The standard InChI is InChI=1S/C10H22N4O2/c1-8(2)13-10(16)7-14(3)6-9(15)12-5-4-11/h8H,4-7,11H2,1-3H3,(H,12,15)(H,13,16). The third-order valence-electron chi connectivity index (χ3n) is 1.74.